The van der Waals surface area contributed by atoms with Crippen LogP contribution < -0.4 is 10.2 Å². The van der Waals surface area contributed by atoms with Gasteiger partial charge in [-0.15, -0.1) is 0 Å². The highest BCUT2D eigenvalue weighted by Gasteiger charge is 2.64. The average Bonchev–Trinajstić information content (AvgIpc) is 3.70. The summed E-state index contributed by atoms with van der Waals surface area (Å²) in [7, 11) is 0. The van der Waals surface area contributed by atoms with Crippen LogP contribution in [0.3, 0.4) is 0 Å². The first kappa shape index (κ1) is 29.3. The van der Waals surface area contributed by atoms with E-state index in [0.717, 1.165) is 12.8 Å². The third-order valence-electron chi connectivity index (χ3n) is 8.87. The number of nitrogens with one attached hydrogen (secondary N) is 1. The Morgan fingerprint density at radius 3 is 2.25 bits per heavy atom. The molecule has 9 nitrogen and oxygen atoms in total. The summed E-state index contributed by atoms with van der Waals surface area (Å²) in [5, 5.41) is 2.62. The van der Waals surface area contributed by atoms with Gasteiger partial charge < -0.3 is 14.8 Å². The van der Waals surface area contributed by atoms with E-state index >= 15 is 0 Å². The summed E-state index contributed by atoms with van der Waals surface area (Å²) in [5.41, 5.74) is 2.45. The van der Waals surface area contributed by atoms with Crippen molar-refractivity contribution in [3.63, 3.8) is 0 Å². The number of hydrogen-bond donors (Lipinski definition) is 1. The van der Waals surface area contributed by atoms with E-state index in [1.807, 2.05) is 32.0 Å². The molecule has 3 aliphatic rings. The zero-order valence-electron chi connectivity index (χ0n) is 24.6. The van der Waals surface area contributed by atoms with Gasteiger partial charge in [-0.2, -0.15) is 0 Å². The number of rotatable bonds is 9. The zero-order chi connectivity index (χ0) is 31.0. The minimum absolute atomic E-state index is 0.121. The molecule has 44 heavy (non-hydrogen) atoms. The Hall–Kier alpha value is -4.79. The van der Waals surface area contributed by atoms with E-state index in [4.69, 9.17) is 9.47 Å². The fraction of sp³-hybridized carbons (Fsp3) is 0.343. The highest BCUT2D eigenvalue weighted by atomic mass is 16.5. The molecule has 3 fully saturated rings. The maximum absolute atomic E-state index is 13.7. The van der Waals surface area contributed by atoms with Crippen molar-refractivity contribution >= 4 is 41.0 Å². The molecule has 1 aliphatic heterocycles. The Labute approximate surface area is 255 Å². The van der Waals surface area contributed by atoms with Gasteiger partial charge in [0.1, 0.15) is 0 Å². The Kier molecular flexibility index (Phi) is 8.03. The molecule has 3 aromatic carbocycles. The first-order chi connectivity index (χ1) is 21.2. The average molecular weight is 595 g/mol. The highest BCUT2D eigenvalue weighted by Crippen LogP contribution is 2.61. The summed E-state index contributed by atoms with van der Waals surface area (Å²) in [4.78, 5) is 65.8. The van der Waals surface area contributed by atoms with Gasteiger partial charge in [-0.25, -0.2) is 9.59 Å². The molecule has 226 valence electrons. The van der Waals surface area contributed by atoms with Gasteiger partial charge in [0.25, 0.3) is 5.91 Å². The van der Waals surface area contributed by atoms with E-state index < -0.39 is 24.5 Å². The van der Waals surface area contributed by atoms with Crippen molar-refractivity contribution in [1.29, 1.82) is 0 Å². The second kappa shape index (κ2) is 12.1. The molecule has 1 heterocycles. The maximum atomic E-state index is 13.7. The summed E-state index contributed by atoms with van der Waals surface area (Å²) in [6, 6.07) is 22.6. The van der Waals surface area contributed by atoms with Crippen molar-refractivity contribution in [2.24, 2.45) is 29.6 Å². The number of amides is 3. The third kappa shape index (κ3) is 5.62. The second-order valence-electron chi connectivity index (χ2n) is 12.2. The number of imide groups is 1. The number of benzene rings is 3. The van der Waals surface area contributed by atoms with E-state index in [1.165, 1.54) is 34.7 Å². The smallest absolute Gasteiger partial charge is 0.338 e. The molecule has 9 heteroatoms. The van der Waals surface area contributed by atoms with Crippen LogP contribution >= 0.6 is 0 Å². The minimum atomic E-state index is -0.756. The van der Waals surface area contributed by atoms with E-state index in [2.05, 4.69) is 17.4 Å². The summed E-state index contributed by atoms with van der Waals surface area (Å²) < 4.78 is 10.4. The Morgan fingerprint density at radius 1 is 0.818 bits per heavy atom. The molecule has 2 bridgehead atoms. The van der Waals surface area contributed by atoms with Crippen LogP contribution in [0.5, 0.6) is 0 Å². The molecule has 1 saturated heterocycles. The molecule has 6 rings (SSSR count). The van der Waals surface area contributed by atoms with Gasteiger partial charge in [0.2, 0.25) is 11.8 Å². The summed E-state index contributed by atoms with van der Waals surface area (Å²) in [6.07, 6.45) is 1.77. The van der Waals surface area contributed by atoms with Crippen LogP contribution in [0.4, 0.5) is 11.4 Å². The van der Waals surface area contributed by atoms with Crippen LogP contribution in [-0.4, -0.2) is 42.9 Å². The lowest BCUT2D eigenvalue weighted by Gasteiger charge is -2.28. The van der Waals surface area contributed by atoms with Crippen LogP contribution in [0.15, 0.2) is 78.9 Å². The molecule has 2 saturated carbocycles. The summed E-state index contributed by atoms with van der Waals surface area (Å²) in [6.45, 7) is 3.66. The lowest BCUT2D eigenvalue weighted by Crippen LogP contribution is -2.33. The van der Waals surface area contributed by atoms with Crippen molar-refractivity contribution in [3.05, 3.63) is 95.6 Å². The predicted octanol–water partition coefficient (Wildman–Crippen LogP) is 5.22. The molecular weight excluding hydrogens is 560 g/mol. The van der Waals surface area contributed by atoms with Crippen LogP contribution in [0.2, 0.25) is 0 Å². The Balaban J connectivity index is 1.06. The Morgan fingerprint density at radius 2 is 1.52 bits per heavy atom. The summed E-state index contributed by atoms with van der Waals surface area (Å²) >= 11 is 0. The molecule has 1 N–H and O–H groups in total. The van der Waals surface area contributed by atoms with Gasteiger partial charge in [0.15, 0.2) is 6.61 Å². The highest BCUT2D eigenvalue weighted by molar-refractivity contribution is 6.23. The standard InChI is InChI=1S/C35H34N2O7/c1-20(2)18-43-34(41)22-11-13-25(14-12-22)36-29(38)19-44-35(42)23-9-6-10-26(15-23)37-32(39)30-24-16-27(21-7-4-3-5-8-21)28(17-24)31(30)33(37)40/h3-15,20,24,27-28,30-31H,16-19H2,1-2H3,(H,36,38)/t24-,27+,28+,30+,31+/m0/s1. The number of ether oxygens (including phenoxy) is 2. The molecular formula is C35H34N2O7. The van der Waals surface area contributed by atoms with Gasteiger partial charge in [-0.1, -0.05) is 50.2 Å². The quantitative estimate of drug-likeness (QED) is 0.266. The SMILES string of the molecule is CC(C)COC(=O)c1ccc(NC(=O)COC(=O)c2cccc(N3C(=O)[C@@H]4[C@@H]5C[C@@H]([C@H]4C3=O)[C@@H](c3ccccc3)C5)c2)cc1. The number of carbonyl (C=O) groups excluding carboxylic acids is 5. The fourth-order valence-electron chi connectivity index (χ4n) is 7.00. The lowest BCUT2D eigenvalue weighted by atomic mass is 9.73. The largest absolute Gasteiger partial charge is 0.462 e. The van der Waals surface area contributed by atoms with Crippen molar-refractivity contribution in [3.8, 4) is 0 Å². The predicted molar refractivity (Wildman–Crippen MR) is 162 cm³/mol. The third-order valence-corrected chi connectivity index (χ3v) is 8.87. The van der Waals surface area contributed by atoms with Gasteiger partial charge in [-0.3, -0.25) is 19.3 Å². The monoisotopic (exact) mass is 594 g/mol. The molecule has 0 spiro atoms. The Bertz CT molecular complexity index is 1600. The zero-order valence-corrected chi connectivity index (χ0v) is 24.6. The maximum Gasteiger partial charge on any atom is 0.338 e. The first-order valence-electron chi connectivity index (χ1n) is 15.0. The normalized spacial score (nSPS) is 23.5. The first-order valence-corrected chi connectivity index (χ1v) is 15.0. The van der Waals surface area contributed by atoms with Gasteiger partial charge in [0.05, 0.1) is 35.3 Å². The van der Waals surface area contributed by atoms with Crippen molar-refractivity contribution in [2.45, 2.75) is 32.6 Å². The van der Waals surface area contributed by atoms with E-state index in [9.17, 15) is 24.0 Å². The number of fused-ring (bicyclic) bond motifs is 5. The van der Waals surface area contributed by atoms with Crippen molar-refractivity contribution in [2.75, 3.05) is 23.4 Å². The molecule has 3 aromatic rings. The summed E-state index contributed by atoms with van der Waals surface area (Å²) in [5.74, 6) is -2.10. The second-order valence-corrected chi connectivity index (χ2v) is 12.2. The lowest BCUT2D eigenvalue weighted by molar-refractivity contribution is -0.123. The molecule has 3 amide bonds. The number of carbonyl (C=O) groups is 5. The topological polar surface area (TPSA) is 119 Å². The van der Waals surface area contributed by atoms with Crippen LogP contribution in [0.25, 0.3) is 0 Å². The van der Waals surface area contributed by atoms with Gasteiger partial charge in [-0.05, 0) is 84.5 Å². The minimum Gasteiger partial charge on any atom is -0.462 e. The molecule has 2 aliphatic carbocycles. The number of anilines is 2. The van der Waals surface area contributed by atoms with Gasteiger partial charge in [0, 0.05) is 5.69 Å². The van der Waals surface area contributed by atoms with Crippen LogP contribution in [0, 0.1) is 29.6 Å². The van der Waals surface area contributed by atoms with Crippen molar-refractivity contribution in [1.82, 2.24) is 0 Å². The number of nitrogens with zero attached hydrogens (tertiary/aromatic N) is 1. The molecule has 0 aromatic heterocycles. The van der Waals surface area contributed by atoms with E-state index in [0.29, 0.717) is 23.5 Å². The number of hydrogen-bond acceptors (Lipinski definition) is 7. The fourth-order valence-corrected chi connectivity index (χ4v) is 7.00. The van der Waals surface area contributed by atoms with E-state index in [-0.39, 0.29) is 52.9 Å². The molecule has 0 unspecified atom stereocenters. The van der Waals surface area contributed by atoms with Crippen LogP contribution in [0.1, 0.15) is 58.9 Å². The van der Waals surface area contributed by atoms with Crippen molar-refractivity contribution < 1.29 is 33.4 Å². The van der Waals surface area contributed by atoms with Gasteiger partial charge >= 0.3 is 11.9 Å². The molecule has 5 atom stereocenters. The van der Waals surface area contributed by atoms with Crippen LogP contribution in [-0.2, 0) is 23.9 Å². The molecule has 0 radical (unpaired) electrons. The number of esters is 2. The van der Waals surface area contributed by atoms with E-state index in [1.54, 1.807) is 24.3 Å².